The van der Waals surface area contributed by atoms with E-state index in [-0.39, 0.29) is 12.5 Å². The highest BCUT2D eigenvalue weighted by atomic mass is 79.9. The maximum atomic E-state index is 11.7. The van der Waals surface area contributed by atoms with Crippen LogP contribution in [0, 0.1) is 11.3 Å². The van der Waals surface area contributed by atoms with Crippen molar-refractivity contribution in [2.75, 3.05) is 11.9 Å². The summed E-state index contributed by atoms with van der Waals surface area (Å²) in [5, 5.41) is 11.1. The van der Waals surface area contributed by atoms with Crippen LogP contribution in [0.4, 0.5) is 5.69 Å². The maximum Gasteiger partial charge on any atom is 0.240 e. The van der Waals surface area contributed by atoms with Crippen molar-refractivity contribution in [3.63, 3.8) is 0 Å². The fourth-order valence-corrected chi connectivity index (χ4v) is 1.16. The molecule has 4 nitrogen and oxygen atoms in total. The van der Waals surface area contributed by atoms with Gasteiger partial charge in [0.2, 0.25) is 5.91 Å². The summed E-state index contributed by atoms with van der Waals surface area (Å²) in [5.74, 6) is 0.409. The van der Waals surface area contributed by atoms with E-state index in [1.165, 1.54) is 0 Å². The molecular formula is C12H13BrN2O2. The lowest BCUT2D eigenvalue weighted by atomic mass is 10.2. The second-order valence-electron chi connectivity index (χ2n) is 3.90. The molecule has 0 unspecified atom stereocenters. The van der Waals surface area contributed by atoms with Crippen molar-refractivity contribution in [2.24, 2.45) is 0 Å². The summed E-state index contributed by atoms with van der Waals surface area (Å²) < 4.78 is 4.51. The Kier molecular flexibility index (Phi) is 4.53. The summed E-state index contributed by atoms with van der Waals surface area (Å²) in [4.78, 5) is 11.7. The van der Waals surface area contributed by atoms with Crippen LogP contribution in [0.15, 0.2) is 24.3 Å². The molecule has 0 saturated carbocycles. The van der Waals surface area contributed by atoms with Crippen LogP contribution in [0.3, 0.4) is 0 Å². The Bertz CT molecular complexity index is 447. The molecule has 0 aliphatic heterocycles. The second kappa shape index (κ2) is 5.69. The van der Waals surface area contributed by atoms with Gasteiger partial charge in [0.1, 0.15) is 11.8 Å². The number of hydrogen-bond donors (Lipinski definition) is 1. The zero-order valence-corrected chi connectivity index (χ0v) is 11.2. The van der Waals surface area contributed by atoms with Gasteiger partial charge in [-0.15, -0.1) is 0 Å². The summed E-state index contributed by atoms with van der Waals surface area (Å²) in [7, 11) is 0. The third kappa shape index (κ3) is 4.45. The summed E-state index contributed by atoms with van der Waals surface area (Å²) in [6.07, 6.45) is 0. The van der Waals surface area contributed by atoms with Crippen molar-refractivity contribution in [1.29, 1.82) is 5.26 Å². The van der Waals surface area contributed by atoms with Crippen molar-refractivity contribution >= 4 is 27.5 Å². The van der Waals surface area contributed by atoms with Gasteiger partial charge in [-0.1, -0.05) is 22.0 Å². The normalized spacial score (nSPS) is 10.5. The van der Waals surface area contributed by atoms with E-state index in [4.69, 9.17) is 10.00 Å². The van der Waals surface area contributed by atoms with Crippen LogP contribution in [0.25, 0.3) is 0 Å². The molecule has 0 bridgehead atoms. The van der Waals surface area contributed by atoms with Crippen LogP contribution in [0.2, 0.25) is 0 Å². The minimum absolute atomic E-state index is 0.0126. The van der Waals surface area contributed by atoms with Crippen LogP contribution < -0.4 is 10.1 Å². The number of rotatable bonds is 4. The zero-order valence-electron chi connectivity index (χ0n) is 9.66. The molecule has 0 heterocycles. The number of anilines is 1. The van der Waals surface area contributed by atoms with Gasteiger partial charge in [-0.25, -0.2) is 0 Å². The predicted molar refractivity (Wildman–Crippen MR) is 69.2 cm³/mol. The van der Waals surface area contributed by atoms with Crippen LogP contribution in [-0.4, -0.2) is 16.8 Å². The fraction of sp³-hybridized carbons (Fsp3) is 0.333. The van der Waals surface area contributed by atoms with E-state index in [2.05, 4.69) is 21.2 Å². The van der Waals surface area contributed by atoms with E-state index in [0.717, 1.165) is 0 Å². The van der Waals surface area contributed by atoms with E-state index in [0.29, 0.717) is 11.4 Å². The van der Waals surface area contributed by atoms with Gasteiger partial charge in [0.25, 0.3) is 0 Å². The first-order valence-electron chi connectivity index (χ1n) is 5.03. The summed E-state index contributed by atoms with van der Waals surface area (Å²) >= 11 is 3.28. The Morgan fingerprint density at radius 3 is 2.88 bits per heavy atom. The molecule has 0 aromatic heterocycles. The number of nitrogens with one attached hydrogen (secondary N) is 1. The first kappa shape index (κ1) is 13.5. The van der Waals surface area contributed by atoms with Crippen molar-refractivity contribution in [3.8, 4) is 11.8 Å². The zero-order chi connectivity index (χ0) is 12.9. The number of ether oxygens (including phenoxy) is 1. The number of amides is 1. The standard InChI is InChI=1S/C12H13BrN2O2/c1-12(2,13)11(16)15-9-4-3-5-10(8-9)17-7-6-14/h3-5,8H,7H2,1-2H3,(H,15,16). The topological polar surface area (TPSA) is 62.1 Å². The number of alkyl halides is 1. The van der Waals surface area contributed by atoms with Crippen LogP contribution >= 0.6 is 15.9 Å². The van der Waals surface area contributed by atoms with Gasteiger partial charge in [-0.05, 0) is 26.0 Å². The lowest BCUT2D eigenvalue weighted by molar-refractivity contribution is -0.117. The lowest BCUT2D eigenvalue weighted by Crippen LogP contribution is -2.30. The molecule has 5 heteroatoms. The molecule has 0 fully saturated rings. The molecule has 1 rings (SSSR count). The molecule has 0 atom stereocenters. The predicted octanol–water partition coefficient (Wildman–Crippen LogP) is 2.70. The van der Waals surface area contributed by atoms with E-state index in [1.54, 1.807) is 38.1 Å². The van der Waals surface area contributed by atoms with Crippen molar-refractivity contribution in [2.45, 2.75) is 18.2 Å². The first-order chi connectivity index (χ1) is 7.93. The molecule has 1 amide bonds. The van der Waals surface area contributed by atoms with Crippen molar-refractivity contribution < 1.29 is 9.53 Å². The van der Waals surface area contributed by atoms with Gasteiger partial charge < -0.3 is 10.1 Å². The average Bonchev–Trinajstić information content (AvgIpc) is 2.25. The van der Waals surface area contributed by atoms with Gasteiger partial charge in [-0.3, -0.25) is 4.79 Å². The van der Waals surface area contributed by atoms with Gasteiger partial charge in [0.05, 0.1) is 4.32 Å². The smallest absolute Gasteiger partial charge is 0.240 e. The second-order valence-corrected chi connectivity index (χ2v) is 5.88. The number of nitrogens with zero attached hydrogens (tertiary/aromatic N) is 1. The highest BCUT2D eigenvalue weighted by Gasteiger charge is 2.23. The molecule has 0 aliphatic rings. The molecule has 90 valence electrons. The average molecular weight is 297 g/mol. The van der Waals surface area contributed by atoms with Crippen LogP contribution in [-0.2, 0) is 4.79 Å². The molecule has 0 radical (unpaired) electrons. The number of hydrogen-bond acceptors (Lipinski definition) is 3. The molecule has 0 spiro atoms. The molecule has 17 heavy (non-hydrogen) atoms. The number of nitriles is 1. The SMILES string of the molecule is CC(C)(Br)C(=O)Nc1cccc(OCC#N)c1. The van der Waals surface area contributed by atoms with Gasteiger partial charge in [0, 0.05) is 11.8 Å². The van der Waals surface area contributed by atoms with Crippen molar-refractivity contribution in [3.05, 3.63) is 24.3 Å². The van der Waals surface area contributed by atoms with Gasteiger partial charge in [-0.2, -0.15) is 5.26 Å². The van der Waals surface area contributed by atoms with E-state index >= 15 is 0 Å². The Balaban J connectivity index is 2.73. The molecule has 1 aromatic rings. The highest BCUT2D eigenvalue weighted by molar-refractivity contribution is 9.10. The van der Waals surface area contributed by atoms with Crippen molar-refractivity contribution in [1.82, 2.24) is 0 Å². The van der Waals surface area contributed by atoms with E-state index < -0.39 is 4.32 Å². The van der Waals surface area contributed by atoms with Crippen LogP contribution in [0.1, 0.15) is 13.8 Å². The number of benzene rings is 1. The third-order valence-electron chi connectivity index (χ3n) is 1.94. The largest absolute Gasteiger partial charge is 0.479 e. The summed E-state index contributed by atoms with van der Waals surface area (Å²) in [6.45, 7) is 3.51. The minimum atomic E-state index is -0.628. The Hall–Kier alpha value is -1.54. The number of carbonyl (C=O) groups excluding carboxylic acids is 1. The van der Waals surface area contributed by atoms with E-state index in [1.807, 2.05) is 6.07 Å². The van der Waals surface area contributed by atoms with Gasteiger partial charge in [0.15, 0.2) is 6.61 Å². The highest BCUT2D eigenvalue weighted by Crippen LogP contribution is 2.21. The number of halogens is 1. The van der Waals surface area contributed by atoms with Gasteiger partial charge >= 0.3 is 0 Å². The molecule has 0 saturated heterocycles. The summed E-state index contributed by atoms with van der Waals surface area (Å²) in [6, 6.07) is 8.80. The monoisotopic (exact) mass is 296 g/mol. The first-order valence-corrected chi connectivity index (χ1v) is 5.83. The maximum absolute atomic E-state index is 11.7. The molecule has 1 N–H and O–H groups in total. The summed E-state index contributed by atoms with van der Waals surface area (Å²) in [5.41, 5.74) is 0.637. The number of carbonyl (C=O) groups is 1. The quantitative estimate of drug-likeness (QED) is 0.869. The molecule has 0 aliphatic carbocycles. The Morgan fingerprint density at radius 1 is 1.59 bits per heavy atom. The third-order valence-corrected chi connectivity index (χ3v) is 2.30. The minimum Gasteiger partial charge on any atom is -0.479 e. The molecular weight excluding hydrogens is 284 g/mol. The lowest BCUT2D eigenvalue weighted by Gasteiger charge is -2.16. The Morgan fingerprint density at radius 2 is 2.29 bits per heavy atom. The van der Waals surface area contributed by atoms with E-state index in [9.17, 15) is 4.79 Å². The van der Waals surface area contributed by atoms with Crippen LogP contribution in [0.5, 0.6) is 5.75 Å². The molecule has 1 aromatic carbocycles. The Labute approximate surface area is 109 Å². The fourth-order valence-electron chi connectivity index (χ4n) is 1.06.